The summed E-state index contributed by atoms with van der Waals surface area (Å²) in [4.78, 5) is 13.5. The Morgan fingerprint density at radius 3 is 2.79 bits per heavy atom. The highest BCUT2D eigenvalue weighted by Gasteiger charge is 2.14. The van der Waals surface area contributed by atoms with Crippen LogP contribution in [0.25, 0.3) is 0 Å². The van der Waals surface area contributed by atoms with E-state index in [0.717, 1.165) is 24.2 Å². The first-order valence-corrected chi connectivity index (χ1v) is 6.34. The number of nitriles is 1. The summed E-state index contributed by atoms with van der Waals surface area (Å²) >= 11 is 0. The van der Waals surface area contributed by atoms with Gasteiger partial charge in [0.2, 0.25) is 5.91 Å². The smallest absolute Gasteiger partial charge is 0.239 e. The number of rotatable bonds is 6. The summed E-state index contributed by atoms with van der Waals surface area (Å²) in [5, 5.41) is 11.8. The Morgan fingerprint density at radius 1 is 1.53 bits per heavy atom. The maximum absolute atomic E-state index is 11.5. The molecule has 0 atom stereocenters. The number of anilines is 1. The second-order valence-corrected chi connectivity index (χ2v) is 4.26. The number of benzene rings is 1. The standard InChI is InChI=1S/C14H20N4O/c1-3-6-18(10-14(19)17-2)13-5-4-11(8-15)7-12(13)9-16/h4-5,7H,3,6,8,10,15H2,1-2H3,(H,17,19). The van der Waals surface area contributed by atoms with E-state index >= 15 is 0 Å². The van der Waals surface area contributed by atoms with Crippen molar-refractivity contribution in [3.8, 4) is 6.07 Å². The van der Waals surface area contributed by atoms with Crippen molar-refractivity contribution in [3.05, 3.63) is 29.3 Å². The quantitative estimate of drug-likeness (QED) is 0.798. The molecular formula is C14H20N4O. The molecular weight excluding hydrogens is 240 g/mol. The highest BCUT2D eigenvalue weighted by Crippen LogP contribution is 2.21. The molecule has 1 aromatic rings. The van der Waals surface area contributed by atoms with Crippen LogP contribution in [0, 0.1) is 11.3 Å². The van der Waals surface area contributed by atoms with Gasteiger partial charge in [-0.1, -0.05) is 13.0 Å². The summed E-state index contributed by atoms with van der Waals surface area (Å²) in [6.07, 6.45) is 0.903. The number of nitrogens with zero attached hydrogens (tertiary/aromatic N) is 2. The maximum Gasteiger partial charge on any atom is 0.239 e. The summed E-state index contributed by atoms with van der Waals surface area (Å²) in [7, 11) is 1.61. The molecule has 0 radical (unpaired) electrons. The lowest BCUT2D eigenvalue weighted by Gasteiger charge is -2.24. The van der Waals surface area contributed by atoms with Crippen LogP contribution in [0.4, 0.5) is 5.69 Å². The predicted molar refractivity (Wildman–Crippen MR) is 75.6 cm³/mol. The molecule has 0 unspecified atom stereocenters. The van der Waals surface area contributed by atoms with Crippen molar-refractivity contribution in [2.75, 3.05) is 25.0 Å². The number of carbonyl (C=O) groups is 1. The number of nitrogens with two attached hydrogens (primary N) is 1. The third kappa shape index (κ3) is 3.97. The molecule has 0 aliphatic rings. The Balaban J connectivity index is 3.08. The van der Waals surface area contributed by atoms with Crippen LogP contribution >= 0.6 is 0 Å². The fourth-order valence-electron chi connectivity index (χ4n) is 1.88. The molecule has 0 aliphatic heterocycles. The van der Waals surface area contributed by atoms with Gasteiger partial charge in [-0.25, -0.2) is 0 Å². The van der Waals surface area contributed by atoms with Crippen molar-refractivity contribution in [3.63, 3.8) is 0 Å². The molecule has 0 aromatic heterocycles. The lowest BCUT2D eigenvalue weighted by molar-refractivity contribution is -0.119. The first kappa shape index (κ1) is 15.0. The van der Waals surface area contributed by atoms with Crippen LogP contribution < -0.4 is 16.0 Å². The van der Waals surface area contributed by atoms with E-state index in [1.807, 2.05) is 24.0 Å². The van der Waals surface area contributed by atoms with E-state index in [0.29, 0.717) is 12.1 Å². The van der Waals surface area contributed by atoms with Gasteiger partial charge in [0.25, 0.3) is 0 Å². The zero-order valence-electron chi connectivity index (χ0n) is 11.4. The maximum atomic E-state index is 11.5. The average Bonchev–Trinajstić information content (AvgIpc) is 2.45. The van der Waals surface area contributed by atoms with Crippen LogP contribution in [-0.4, -0.2) is 26.0 Å². The third-order valence-corrected chi connectivity index (χ3v) is 2.86. The topological polar surface area (TPSA) is 82.2 Å². The van der Waals surface area contributed by atoms with Crippen LogP contribution in [0.2, 0.25) is 0 Å². The van der Waals surface area contributed by atoms with Crippen molar-refractivity contribution in [2.24, 2.45) is 5.73 Å². The van der Waals surface area contributed by atoms with Crippen molar-refractivity contribution >= 4 is 11.6 Å². The molecule has 1 amide bonds. The highest BCUT2D eigenvalue weighted by atomic mass is 16.1. The van der Waals surface area contributed by atoms with Crippen LogP contribution in [0.3, 0.4) is 0 Å². The van der Waals surface area contributed by atoms with Gasteiger partial charge in [-0.05, 0) is 24.1 Å². The van der Waals surface area contributed by atoms with E-state index in [2.05, 4.69) is 11.4 Å². The molecule has 0 spiro atoms. The minimum absolute atomic E-state index is 0.0692. The highest BCUT2D eigenvalue weighted by molar-refractivity contribution is 5.81. The number of amides is 1. The Morgan fingerprint density at radius 2 is 2.26 bits per heavy atom. The van der Waals surface area contributed by atoms with Gasteiger partial charge in [-0.15, -0.1) is 0 Å². The summed E-state index contributed by atoms with van der Waals surface area (Å²) < 4.78 is 0. The molecule has 5 nitrogen and oxygen atoms in total. The molecule has 0 aliphatic carbocycles. The summed E-state index contributed by atoms with van der Waals surface area (Å²) in [5.41, 5.74) is 7.83. The zero-order chi connectivity index (χ0) is 14.3. The van der Waals surface area contributed by atoms with Gasteiger partial charge < -0.3 is 16.0 Å². The van der Waals surface area contributed by atoms with Crippen LogP contribution in [0.1, 0.15) is 24.5 Å². The molecule has 102 valence electrons. The summed E-state index contributed by atoms with van der Waals surface area (Å²) in [5.74, 6) is -0.0692. The molecule has 1 rings (SSSR count). The molecule has 0 fully saturated rings. The van der Waals surface area contributed by atoms with Crippen LogP contribution in [0.15, 0.2) is 18.2 Å². The lowest BCUT2D eigenvalue weighted by Crippen LogP contribution is -2.36. The second-order valence-electron chi connectivity index (χ2n) is 4.26. The van der Waals surface area contributed by atoms with Crippen LogP contribution in [-0.2, 0) is 11.3 Å². The number of hydrogen-bond acceptors (Lipinski definition) is 4. The Hall–Kier alpha value is -2.06. The largest absolute Gasteiger partial charge is 0.361 e. The predicted octanol–water partition coefficient (Wildman–Crippen LogP) is 0.979. The summed E-state index contributed by atoms with van der Waals surface area (Å²) in [6.45, 7) is 3.42. The molecule has 0 heterocycles. The van der Waals surface area contributed by atoms with Gasteiger partial charge in [-0.2, -0.15) is 5.26 Å². The number of likely N-dealkylation sites (N-methyl/N-ethyl adjacent to an activating group) is 1. The number of nitrogens with one attached hydrogen (secondary N) is 1. The van der Waals surface area contributed by atoms with Crippen molar-refractivity contribution in [1.29, 1.82) is 5.26 Å². The van der Waals surface area contributed by atoms with E-state index in [4.69, 9.17) is 5.73 Å². The van der Waals surface area contributed by atoms with Crippen molar-refractivity contribution < 1.29 is 4.79 Å². The van der Waals surface area contributed by atoms with Gasteiger partial charge in [0.15, 0.2) is 0 Å². The summed E-state index contributed by atoms with van der Waals surface area (Å²) in [6, 6.07) is 7.70. The minimum atomic E-state index is -0.0692. The van der Waals surface area contributed by atoms with Gasteiger partial charge in [-0.3, -0.25) is 4.79 Å². The van der Waals surface area contributed by atoms with E-state index in [-0.39, 0.29) is 12.5 Å². The minimum Gasteiger partial charge on any atom is -0.361 e. The zero-order valence-corrected chi connectivity index (χ0v) is 11.4. The van der Waals surface area contributed by atoms with Crippen molar-refractivity contribution in [2.45, 2.75) is 19.9 Å². The number of hydrogen-bond donors (Lipinski definition) is 2. The lowest BCUT2D eigenvalue weighted by atomic mass is 10.1. The first-order chi connectivity index (χ1) is 9.15. The molecule has 3 N–H and O–H groups in total. The number of carbonyl (C=O) groups excluding carboxylic acids is 1. The van der Waals surface area contributed by atoms with Crippen molar-refractivity contribution in [1.82, 2.24) is 5.32 Å². The molecule has 0 saturated heterocycles. The second kappa shape index (κ2) is 7.39. The fourth-order valence-corrected chi connectivity index (χ4v) is 1.88. The molecule has 1 aromatic carbocycles. The van der Waals surface area contributed by atoms with Gasteiger partial charge in [0.05, 0.1) is 17.8 Å². The van der Waals surface area contributed by atoms with E-state index < -0.39 is 0 Å². The Bertz CT molecular complexity index is 479. The monoisotopic (exact) mass is 260 g/mol. The third-order valence-electron chi connectivity index (χ3n) is 2.86. The molecule has 0 bridgehead atoms. The molecule has 5 heteroatoms. The SMILES string of the molecule is CCCN(CC(=O)NC)c1ccc(CN)cc1C#N. The normalized spacial score (nSPS) is 9.79. The van der Waals surface area contributed by atoms with Crippen LogP contribution in [0.5, 0.6) is 0 Å². The van der Waals surface area contributed by atoms with E-state index in [1.54, 1.807) is 13.1 Å². The van der Waals surface area contributed by atoms with Gasteiger partial charge in [0, 0.05) is 20.1 Å². The Kier molecular flexibility index (Phi) is 5.83. The Labute approximate surface area is 114 Å². The average molecular weight is 260 g/mol. The fraction of sp³-hybridized carbons (Fsp3) is 0.429. The molecule has 19 heavy (non-hydrogen) atoms. The molecule has 0 saturated carbocycles. The first-order valence-electron chi connectivity index (χ1n) is 6.34. The van der Waals surface area contributed by atoms with E-state index in [1.165, 1.54) is 0 Å². The van der Waals surface area contributed by atoms with Gasteiger partial charge >= 0.3 is 0 Å². The van der Waals surface area contributed by atoms with Gasteiger partial charge in [0.1, 0.15) is 6.07 Å². The van der Waals surface area contributed by atoms with E-state index in [9.17, 15) is 10.1 Å².